The first kappa shape index (κ1) is 12.0. The van der Waals surface area contributed by atoms with Gasteiger partial charge in [0, 0.05) is 0 Å². The van der Waals surface area contributed by atoms with Crippen LogP contribution in [0.3, 0.4) is 0 Å². The molecule has 0 aliphatic rings. The van der Waals surface area contributed by atoms with Crippen LogP contribution in [-0.4, -0.2) is 4.98 Å². The predicted molar refractivity (Wildman–Crippen MR) is 37.0 cm³/mol. The van der Waals surface area contributed by atoms with Gasteiger partial charge >= 0.3 is 36.1 Å². The molecule has 1 rings (SSSR count). The third-order valence-corrected chi connectivity index (χ3v) is 0.943. The summed E-state index contributed by atoms with van der Waals surface area (Å²) < 4.78 is 35.2. The first-order valence-electron chi connectivity index (χ1n) is 2.77. The molecule has 0 unspecified atom stereocenters. The van der Waals surface area contributed by atoms with E-state index in [1.165, 1.54) is 16.3 Å². The Morgan fingerprint density at radius 1 is 1.42 bits per heavy atom. The van der Waals surface area contributed by atoms with E-state index in [4.69, 9.17) is 0 Å². The predicted octanol–water partition coefficient (Wildman–Crippen LogP) is 2.74. The van der Waals surface area contributed by atoms with Gasteiger partial charge in [-0.2, -0.15) is 25.3 Å². The van der Waals surface area contributed by atoms with E-state index in [1.54, 1.807) is 0 Å². The molecule has 0 atom stereocenters. The van der Waals surface area contributed by atoms with Gasteiger partial charge in [0.05, 0.1) is 0 Å². The van der Waals surface area contributed by atoms with Gasteiger partial charge in [-0.05, 0) is 5.56 Å². The molecule has 0 fully saturated rings. The fourth-order valence-corrected chi connectivity index (χ4v) is 0.488. The van der Waals surface area contributed by atoms with Crippen molar-refractivity contribution in [2.75, 3.05) is 0 Å². The Labute approximate surface area is 84.4 Å². The van der Waals surface area contributed by atoms with Crippen molar-refractivity contribution >= 4 is 13.6 Å². The third-order valence-electron chi connectivity index (χ3n) is 0.943. The molecule has 62 valence electrons. The van der Waals surface area contributed by atoms with Gasteiger partial charge < -0.3 is 4.98 Å². The molecule has 0 N–H and O–H groups in total. The van der Waals surface area contributed by atoms with Crippen LogP contribution >= 0.6 is 13.6 Å². The monoisotopic (exact) mass is 289 g/mol. The summed E-state index contributed by atoms with van der Waals surface area (Å²) in [7, 11) is 0. The van der Waals surface area contributed by atoms with E-state index in [-0.39, 0.29) is 0 Å². The number of hydrogen-bond acceptors (Lipinski definition) is 1. The van der Waals surface area contributed by atoms with E-state index in [0.29, 0.717) is 0 Å². The second-order valence-electron chi connectivity index (χ2n) is 1.67. The summed E-state index contributed by atoms with van der Waals surface area (Å²) in [5.41, 5.74) is -0.744. The Balaban J connectivity index is 0.000000561. The Kier molecular flexibility index (Phi) is 5.67. The van der Waals surface area contributed by atoms with Crippen LogP contribution in [0.1, 0.15) is 5.56 Å². The summed E-state index contributed by atoms with van der Waals surface area (Å²) in [6.45, 7) is 0. The zero-order valence-corrected chi connectivity index (χ0v) is 10.5. The summed E-state index contributed by atoms with van der Waals surface area (Å²) in [5, 5.41) is 0. The van der Waals surface area contributed by atoms with E-state index < -0.39 is 11.7 Å². The Morgan fingerprint density at radius 2 is 2.00 bits per heavy atom. The van der Waals surface area contributed by atoms with Crippen molar-refractivity contribution in [3.05, 3.63) is 30.1 Å². The average Bonchev–Trinajstić information content (AvgIpc) is 2.08. The fraction of sp³-hybridized carbons (Fsp3) is 0.167. The van der Waals surface area contributed by atoms with Crippen LogP contribution in [0.15, 0.2) is 18.3 Å². The van der Waals surface area contributed by atoms with Gasteiger partial charge in [-0.1, -0.05) is 12.4 Å². The summed E-state index contributed by atoms with van der Waals surface area (Å²) >= 11 is 4.25. The standard InChI is InChI=1S/C6H3F3N.BrH.Zn/c7-6(8,9)5-2-1-3-10-4-5;;/h1-2,4H;1H;/q-1;;+2/p-1. The zero-order valence-electron chi connectivity index (χ0n) is 5.90. The molecule has 0 aliphatic heterocycles. The fourth-order valence-electron chi connectivity index (χ4n) is 0.488. The van der Waals surface area contributed by atoms with E-state index >= 15 is 0 Å². The SMILES string of the molecule is FC(F)(F)c1cc[c-]nc1.[Zn+][Br]. The maximum atomic E-state index is 11.7. The van der Waals surface area contributed by atoms with Crippen molar-refractivity contribution in [3.8, 4) is 0 Å². The molecule has 0 saturated carbocycles. The number of alkyl halides is 3. The average molecular weight is 291 g/mol. The molecule has 0 bridgehead atoms. The van der Waals surface area contributed by atoms with Crippen LogP contribution in [0.25, 0.3) is 0 Å². The second-order valence-corrected chi connectivity index (χ2v) is 1.67. The first-order valence-corrected chi connectivity index (χ1v) is 9.71. The molecule has 1 aromatic heterocycles. The molecular formula is C6H3BrF3NZn. The number of pyridine rings is 1. The molecule has 0 aliphatic carbocycles. The van der Waals surface area contributed by atoms with Crippen molar-refractivity contribution in [2.45, 2.75) is 6.18 Å². The van der Waals surface area contributed by atoms with Crippen LogP contribution in [0.4, 0.5) is 13.2 Å². The molecule has 6 heteroatoms. The van der Waals surface area contributed by atoms with Gasteiger partial charge in [-0.25, -0.2) is 0 Å². The molecule has 1 nitrogen and oxygen atoms in total. The van der Waals surface area contributed by atoms with Gasteiger partial charge in [0.1, 0.15) is 0 Å². The van der Waals surface area contributed by atoms with Crippen LogP contribution in [0.5, 0.6) is 0 Å². The number of aromatic nitrogens is 1. The van der Waals surface area contributed by atoms with Crippen LogP contribution < -0.4 is 0 Å². The Bertz CT molecular complexity index is 214. The van der Waals surface area contributed by atoms with Gasteiger partial charge in [-0.3, -0.25) is 0 Å². The summed E-state index contributed by atoms with van der Waals surface area (Å²) in [5.74, 6) is 0. The number of rotatable bonds is 0. The molecule has 0 radical (unpaired) electrons. The van der Waals surface area contributed by atoms with Crippen LogP contribution in [-0.2, 0) is 22.5 Å². The number of hydrogen-bond donors (Lipinski definition) is 0. The molecule has 12 heavy (non-hydrogen) atoms. The quantitative estimate of drug-likeness (QED) is 0.529. The first-order chi connectivity index (χ1) is 5.61. The Hall–Kier alpha value is 0.0434. The minimum absolute atomic E-state index is 0.736. The molecule has 0 spiro atoms. The molecule has 1 heterocycles. The summed E-state index contributed by atoms with van der Waals surface area (Å²) in [6, 6.07) is 2.05. The van der Waals surface area contributed by atoms with Gasteiger partial charge in [0.25, 0.3) is 0 Å². The minimum atomic E-state index is -4.29. The molecule has 0 aromatic carbocycles. The molecule has 1 aromatic rings. The topological polar surface area (TPSA) is 12.9 Å². The van der Waals surface area contributed by atoms with E-state index in [2.05, 4.69) is 24.8 Å². The van der Waals surface area contributed by atoms with Gasteiger partial charge in [0.2, 0.25) is 0 Å². The maximum absolute atomic E-state index is 11.7. The normalized spacial score (nSPS) is 10.2. The molecule has 0 saturated heterocycles. The molecular weight excluding hydrogens is 288 g/mol. The zero-order chi connectivity index (χ0) is 9.61. The second kappa shape index (κ2) is 5.65. The van der Waals surface area contributed by atoms with E-state index in [9.17, 15) is 13.2 Å². The van der Waals surface area contributed by atoms with Gasteiger partial charge in [0.15, 0.2) is 0 Å². The third kappa shape index (κ3) is 4.16. The summed E-state index contributed by atoms with van der Waals surface area (Å²) in [6.07, 6.45) is -1.30. The molecule has 0 amide bonds. The van der Waals surface area contributed by atoms with Crippen molar-refractivity contribution in [3.63, 3.8) is 0 Å². The Morgan fingerprint density at radius 3 is 2.25 bits per heavy atom. The van der Waals surface area contributed by atoms with E-state index in [1.807, 2.05) is 0 Å². The number of halogens is 4. The van der Waals surface area contributed by atoms with Crippen molar-refractivity contribution in [2.24, 2.45) is 0 Å². The number of nitrogens with zero attached hydrogens (tertiary/aromatic N) is 1. The van der Waals surface area contributed by atoms with Crippen molar-refractivity contribution < 1.29 is 29.5 Å². The van der Waals surface area contributed by atoms with Crippen molar-refractivity contribution in [1.82, 2.24) is 4.98 Å². The van der Waals surface area contributed by atoms with Crippen LogP contribution in [0, 0.1) is 6.20 Å². The van der Waals surface area contributed by atoms with Crippen LogP contribution in [0.2, 0.25) is 0 Å². The van der Waals surface area contributed by atoms with E-state index in [0.717, 1.165) is 18.3 Å². The summed E-state index contributed by atoms with van der Waals surface area (Å²) in [4.78, 5) is 3.21. The van der Waals surface area contributed by atoms with Gasteiger partial charge in [-0.15, -0.1) is 0 Å². The van der Waals surface area contributed by atoms with Crippen molar-refractivity contribution in [1.29, 1.82) is 0 Å².